The molecule has 0 radical (unpaired) electrons. The minimum absolute atomic E-state index is 0.0467. The van der Waals surface area contributed by atoms with E-state index in [1.54, 1.807) is 24.3 Å². The van der Waals surface area contributed by atoms with Gasteiger partial charge in [-0.1, -0.05) is 100 Å². The number of halogens is 1. The second-order valence-corrected chi connectivity index (χ2v) is 10.4. The van der Waals surface area contributed by atoms with Crippen molar-refractivity contribution in [2.75, 3.05) is 6.54 Å². The molecule has 6 nitrogen and oxygen atoms in total. The molecule has 4 aromatic rings. The van der Waals surface area contributed by atoms with Crippen molar-refractivity contribution in [3.8, 4) is 5.88 Å². The molecule has 0 saturated carbocycles. The number of aromatic nitrogens is 1. The van der Waals surface area contributed by atoms with Crippen LogP contribution in [0.3, 0.4) is 0 Å². The molecule has 4 rings (SSSR count). The van der Waals surface area contributed by atoms with E-state index in [0.29, 0.717) is 30.7 Å². The van der Waals surface area contributed by atoms with E-state index in [0.717, 1.165) is 26.7 Å². The van der Waals surface area contributed by atoms with Crippen LogP contribution in [0, 0.1) is 0 Å². The van der Waals surface area contributed by atoms with E-state index in [1.807, 2.05) is 66.1 Å². The Morgan fingerprint density at radius 2 is 1.74 bits per heavy atom. The van der Waals surface area contributed by atoms with E-state index in [4.69, 9.17) is 0 Å². The van der Waals surface area contributed by atoms with Crippen molar-refractivity contribution in [2.24, 2.45) is 10.2 Å². The maximum absolute atomic E-state index is 12.6. The van der Waals surface area contributed by atoms with Gasteiger partial charge < -0.3 is 5.11 Å². The summed E-state index contributed by atoms with van der Waals surface area (Å²) >= 11 is 3.52. The summed E-state index contributed by atoms with van der Waals surface area (Å²) in [5.74, 6) is -0.519. The monoisotopic (exact) mass is 582 g/mol. The maximum atomic E-state index is 12.6. The molecule has 0 aliphatic carbocycles. The minimum Gasteiger partial charge on any atom is -0.493 e. The molecular formula is C32H31BrN4O2. The van der Waals surface area contributed by atoms with Gasteiger partial charge in [0.25, 0.3) is 5.91 Å². The zero-order valence-corrected chi connectivity index (χ0v) is 23.7. The quantitative estimate of drug-likeness (QED) is 0.150. The van der Waals surface area contributed by atoms with E-state index in [1.165, 1.54) is 0 Å². The average Bonchev–Trinajstić information content (AvgIpc) is 3.17. The van der Waals surface area contributed by atoms with Crippen LogP contribution in [0.5, 0.6) is 5.88 Å². The summed E-state index contributed by atoms with van der Waals surface area (Å²) in [7, 11) is 0. The molecule has 1 N–H and O–H groups in total. The number of nitrogens with zero attached hydrogens (tertiary/aromatic N) is 4. The lowest BCUT2D eigenvalue weighted by atomic mass is 10.2. The number of hydrogen-bond acceptors (Lipinski definition) is 4. The fraction of sp³-hybridized carbons (Fsp3) is 0.156. The Labute approximate surface area is 237 Å². The molecule has 0 saturated heterocycles. The van der Waals surface area contributed by atoms with Crippen LogP contribution in [0.15, 0.2) is 130 Å². The lowest BCUT2D eigenvalue weighted by molar-refractivity contribution is 0.0995. The van der Waals surface area contributed by atoms with Crippen molar-refractivity contribution < 1.29 is 9.90 Å². The van der Waals surface area contributed by atoms with Crippen LogP contribution in [-0.4, -0.2) is 27.0 Å². The van der Waals surface area contributed by atoms with Crippen LogP contribution < -0.4 is 0 Å². The van der Waals surface area contributed by atoms with Crippen molar-refractivity contribution in [3.63, 3.8) is 0 Å². The number of rotatable bonds is 10. The van der Waals surface area contributed by atoms with Crippen LogP contribution in [0.25, 0.3) is 10.9 Å². The number of benzene rings is 3. The van der Waals surface area contributed by atoms with Gasteiger partial charge in [0.05, 0.1) is 12.2 Å². The Morgan fingerprint density at radius 1 is 1.05 bits per heavy atom. The molecule has 3 aromatic carbocycles. The first-order chi connectivity index (χ1) is 18.8. The minimum atomic E-state index is -0.472. The first-order valence-electron chi connectivity index (χ1n) is 12.6. The summed E-state index contributed by atoms with van der Waals surface area (Å²) in [6.07, 6.45) is 6.05. The molecular weight excluding hydrogens is 552 g/mol. The van der Waals surface area contributed by atoms with Crippen molar-refractivity contribution in [2.45, 2.75) is 27.1 Å². The third-order valence-electron chi connectivity index (χ3n) is 6.06. The molecule has 7 heteroatoms. The second-order valence-electron chi connectivity index (χ2n) is 9.47. The van der Waals surface area contributed by atoms with Crippen molar-refractivity contribution in [1.29, 1.82) is 0 Å². The number of amides is 1. The number of aromatic hydroxyl groups is 1. The van der Waals surface area contributed by atoms with Crippen LogP contribution in [0.2, 0.25) is 0 Å². The highest BCUT2D eigenvalue weighted by atomic mass is 79.9. The summed E-state index contributed by atoms with van der Waals surface area (Å²) in [6.45, 7) is 9.71. The van der Waals surface area contributed by atoms with E-state index in [2.05, 4.69) is 62.8 Å². The summed E-state index contributed by atoms with van der Waals surface area (Å²) in [5.41, 5.74) is 4.79. The van der Waals surface area contributed by atoms with Crippen molar-refractivity contribution in [1.82, 2.24) is 9.47 Å². The highest BCUT2D eigenvalue weighted by Crippen LogP contribution is 2.40. The standard InChI is InChI=1S/C32H31BrN4O2/c1-23(2)11-10-12-24(3)20-36(21-25-13-6-4-7-14-25)22-37-29-18-17-27(33)19-28(29)30(32(37)39)34-35-31(38)26-15-8-5-9-16-26/h4-19,39H,1,20-22H2,2-3H3. The normalized spacial score (nSPS) is 12.3. The van der Waals surface area contributed by atoms with E-state index < -0.39 is 5.91 Å². The number of hydrogen-bond donors (Lipinski definition) is 1. The largest absolute Gasteiger partial charge is 0.493 e. The zero-order valence-electron chi connectivity index (χ0n) is 22.1. The predicted molar refractivity (Wildman–Crippen MR) is 161 cm³/mol. The van der Waals surface area contributed by atoms with Crippen molar-refractivity contribution >= 4 is 38.4 Å². The van der Waals surface area contributed by atoms with Gasteiger partial charge >= 0.3 is 0 Å². The van der Waals surface area contributed by atoms with Gasteiger partial charge in [-0.05, 0) is 49.7 Å². The van der Waals surface area contributed by atoms with Gasteiger partial charge in [0.1, 0.15) is 0 Å². The number of carbonyl (C=O) groups is 1. The van der Waals surface area contributed by atoms with Gasteiger partial charge in [-0.2, -0.15) is 0 Å². The molecule has 0 unspecified atom stereocenters. The van der Waals surface area contributed by atoms with Gasteiger partial charge in [-0.3, -0.25) is 14.3 Å². The summed E-state index contributed by atoms with van der Waals surface area (Å²) in [4.78, 5) is 14.8. The molecule has 1 aromatic heterocycles. The molecule has 39 heavy (non-hydrogen) atoms. The van der Waals surface area contributed by atoms with Gasteiger partial charge in [0, 0.05) is 28.5 Å². The van der Waals surface area contributed by atoms with E-state index in [9.17, 15) is 9.90 Å². The van der Waals surface area contributed by atoms with Crippen LogP contribution >= 0.6 is 15.9 Å². The van der Waals surface area contributed by atoms with Crippen LogP contribution in [0.1, 0.15) is 29.8 Å². The Bertz CT molecular complexity index is 1550. The van der Waals surface area contributed by atoms with Gasteiger partial charge in [0.15, 0.2) is 5.69 Å². The Hall–Kier alpha value is -4.07. The zero-order chi connectivity index (χ0) is 27.8. The lowest BCUT2D eigenvalue weighted by Gasteiger charge is -2.24. The van der Waals surface area contributed by atoms with Gasteiger partial charge in [-0.25, -0.2) is 0 Å². The molecule has 0 bridgehead atoms. The highest BCUT2D eigenvalue weighted by molar-refractivity contribution is 9.10. The molecule has 0 spiro atoms. The fourth-order valence-corrected chi connectivity index (χ4v) is 4.61. The fourth-order valence-electron chi connectivity index (χ4n) is 4.25. The Balaban J connectivity index is 1.70. The van der Waals surface area contributed by atoms with E-state index in [-0.39, 0.29) is 11.6 Å². The molecule has 0 atom stereocenters. The number of carbonyl (C=O) groups excluding carboxylic acids is 1. The highest BCUT2D eigenvalue weighted by Gasteiger charge is 2.20. The third kappa shape index (κ3) is 7.50. The molecule has 198 valence electrons. The number of fused-ring (bicyclic) bond motifs is 1. The number of allylic oxidation sites excluding steroid dienone is 4. The summed E-state index contributed by atoms with van der Waals surface area (Å²) in [6, 6.07) is 24.7. The molecule has 1 amide bonds. The van der Waals surface area contributed by atoms with Gasteiger partial charge in [-0.15, -0.1) is 10.2 Å². The predicted octanol–water partition coefficient (Wildman–Crippen LogP) is 8.57. The summed E-state index contributed by atoms with van der Waals surface area (Å²) < 4.78 is 2.64. The average molecular weight is 584 g/mol. The molecule has 0 aliphatic heterocycles. The van der Waals surface area contributed by atoms with Crippen LogP contribution in [-0.2, 0) is 13.2 Å². The number of azo groups is 1. The van der Waals surface area contributed by atoms with E-state index >= 15 is 0 Å². The lowest BCUT2D eigenvalue weighted by Crippen LogP contribution is -2.27. The molecule has 0 aliphatic rings. The first-order valence-corrected chi connectivity index (χ1v) is 13.4. The SMILES string of the molecule is C=C(C)C=CC=C(C)CN(Cc1ccccc1)Cn1c(O)c(N=NC(=O)c2ccccc2)c2cc(Br)ccc21. The maximum Gasteiger partial charge on any atom is 0.295 e. The smallest absolute Gasteiger partial charge is 0.295 e. The Kier molecular flexibility index (Phi) is 9.41. The van der Waals surface area contributed by atoms with Crippen molar-refractivity contribution in [3.05, 3.63) is 130 Å². The van der Waals surface area contributed by atoms with Gasteiger partial charge in [0.2, 0.25) is 5.88 Å². The first kappa shape index (κ1) is 28.0. The Morgan fingerprint density at radius 3 is 2.44 bits per heavy atom. The third-order valence-corrected chi connectivity index (χ3v) is 6.55. The summed E-state index contributed by atoms with van der Waals surface area (Å²) in [5, 5.41) is 20.2. The second kappa shape index (κ2) is 13.1. The molecule has 0 fully saturated rings. The van der Waals surface area contributed by atoms with Crippen LogP contribution in [0.4, 0.5) is 5.69 Å². The topological polar surface area (TPSA) is 70.2 Å². The molecule has 1 heterocycles.